The van der Waals surface area contributed by atoms with Crippen molar-refractivity contribution < 1.29 is 19.4 Å². The fourth-order valence-corrected chi connectivity index (χ4v) is 3.24. The van der Waals surface area contributed by atoms with Gasteiger partial charge in [-0.05, 0) is 87.5 Å². The summed E-state index contributed by atoms with van der Waals surface area (Å²) in [5.41, 5.74) is 6.75. The molecule has 2 rings (SSSR count). The maximum Gasteiger partial charge on any atom is 0.322 e. The lowest BCUT2D eigenvalue weighted by atomic mass is 10.1. The van der Waals surface area contributed by atoms with Gasteiger partial charge in [0.05, 0.1) is 10.7 Å². The van der Waals surface area contributed by atoms with Crippen molar-refractivity contribution in [2.75, 3.05) is 7.11 Å². The lowest BCUT2D eigenvalue weighted by Crippen LogP contribution is -2.33. The van der Waals surface area contributed by atoms with Crippen molar-refractivity contribution in [1.29, 1.82) is 0 Å². The quantitative estimate of drug-likeness (QED) is 0.418. The van der Waals surface area contributed by atoms with Gasteiger partial charge in [0.15, 0.2) is 0 Å². The fourth-order valence-electron chi connectivity index (χ4n) is 1.93. The van der Waals surface area contributed by atoms with Gasteiger partial charge in [-0.2, -0.15) is 0 Å². The number of esters is 1. The first-order chi connectivity index (χ1) is 10.9. The second-order valence-corrected chi connectivity index (χ2v) is 7.13. The predicted octanol–water partition coefficient (Wildman–Crippen LogP) is 3.86. The van der Waals surface area contributed by atoms with Gasteiger partial charge in [0.1, 0.15) is 23.3 Å². The highest BCUT2D eigenvalue weighted by molar-refractivity contribution is 14.1. The Morgan fingerprint density at radius 3 is 2.50 bits per heavy atom. The molecule has 0 bridgehead atoms. The minimum atomic E-state index is -0.682. The van der Waals surface area contributed by atoms with Gasteiger partial charge in [0, 0.05) is 3.57 Å². The predicted molar refractivity (Wildman–Crippen MR) is 111 cm³/mol. The summed E-state index contributed by atoms with van der Waals surface area (Å²) < 4.78 is 12.2. The van der Waals surface area contributed by atoms with E-state index in [-0.39, 0.29) is 18.2 Å². The van der Waals surface area contributed by atoms with E-state index < -0.39 is 12.0 Å². The summed E-state index contributed by atoms with van der Waals surface area (Å²) in [4.78, 5) is 11.4. The summed E-state index contributed by atoms with van der Waals surface area (Å²) in [7, 11) is 1.32. The second-order valence-electron chi connectivity index (χ2n) is 4.80. The van der Waals surface area contributed by atoms with Gasteiger partial charge >= 0.3 is 5.97 Å². The summed E-state index contributed by atoms with van der Waals surface area (Å²) in [6.45, 7) is 0. The summed E-state index contributed by atoms with van der Waals surface area (Å²) >= 11 is 4.28. The highest BCUT2D eigenvalue weighted by atomic mass is 127. The molecule has 0 fully saturated rings. The van der Waals surface area contributed by atoms with Crippen molar-refractivity contribution in [2.24, 2.45) is 5.73 Å². The minimum absolute atomic E-state index is 0. The van der Waals surface area contributed by atoms with Crippen LogP contribution in [0.4, 0.5) is 0 Å². The van der Waals surface area contributed by atoms with Crippen molar-refractivity contribution >= 4 is 63.6 Å². The fraction of sp³-hybridized carbons (Fsp3) is 0.188. The third-order valence-electron chi connectivity index (χ3n) is 3.11. The lowest BCUT2D eigenvalue weighted by Gasteiger charge is -2.13. The van der Waals surface area contributed by atoms with E-state index in [0.29, 0.717) is 17.9 Å². The summed E-state index contributed by atoms with van der Waals surface area (Å²) in [5, 5.41) is 9.42. The number of aromatic hydroxyl groups is 1. The van der Waals surface area contributed by atoms with E-state index >= 15 is 0 Å². The van der Waals surface area contributed by atoms with E-state index in [1.54, 1.807) is 18.2 Å². The molecule has 0 spiro atoms. The first-order valence-electron chi connectivity index (χ1n) is 6.69. The van der Waals surface area contributed by atoms with Crippen LogP contribution in [-0.2, 0) is 16.0 Å². The van der Waals surface area contributed by atoms with E-state index in [1.807, 2.05) is 18.2 Å². The molecular formula is C16H16ClI2NO4. The first-order valence-corrected chi connectivity index (χ1v) is 8.84. The number of carbonyl (C=O) groups is 1. The van der Waals surface area contributed by atoms with Crippen LogP contribution in [0.25, 0.3) is 0 Å². The molecule has 8 heteroatoms. The monoisotopic (exact) mass is 575 g/mol. The summed E-state index contributed by atoms with van der Waals surface area (Å²) in [6, 6.07) is 9.82. The number of benzene rings is 2. The van der Waals surface area contributed by atoms with Crippen molar-refractivity contribution in [3.05, 3.63) is 49.1 Å². The zero-order valence-electron chi connectivity index (χ0n) is 12.7. The van der Waals surface area contributed by atoms with E-state index in [1.165, 1.54) is 7.11 Å². The second kappa shape index (κ2) is 9.64. The number of hydrogen-bond acceptors (Lipinski definition) is 5. The normalized spacial score (nSPS) is 11.3. The van der Waals surface area contributed by atoms with E-state index in [4.69, 9.17) is 10.5 Å². The molecule has 130 valence electrons. The molecule has 0 amide bonds. The number of carbonyl (C=O) groups excluding carboxylic acids is 1. The maximum atomic E-state index is 11.4. The Hall–Kier alpha value is -0.780. The van der Waals surface area contributed by atoms with Crippen LogP contribution < -0.4 is 10.5 Å². The summed E-state index contributed by atoms with van der Waals surface area (Å²) in [6.07, 6.45) is 0.405. The molecule has 0 radical (unpaired) electrons. The number of phenolic OH excluding ortho intramolecular Hbond substituents is 1. The SMILES string of the molecule is COC(=O)C(N)Cc1ccc(Oc2ccc(O)cc2I)cc1I.Cl. The Morgan fingerprint density at radius 2 is 1.92 bits per heavy atom. The number of methoxy groups -OCH3 is 1. The molecule has 0 aromatic heterocycles. The third kappa shape index (κ3) is 5.64. The molecule has 1 unspecified atom stereocenters. The summed E-state index contributed by atoms with van der Waals surface area (Å²) in [5.74, 6) is 1.11. The molecule has 0 saturated heterocycles. The molecule has 24 heavy (non-hydrogen) atoms. The van der Waals surface area contributed by atoms with Gasteiger partial charge in [-0.15, -0.1) is 12.4 Å². The van der Waals surface area contributed by atoms with Crippen LogP contribution in [0.15, 0.2) is 36.4 Å². The van der Waals surface area contributed by atoms with E-state index in [2.05, 4.69) is 49.9 Å². The Balaban J connectivity index is 0.00000288. The van der Waals surface area contributed by atoms with Gasteiger partial charge in [0.25, 0.3) is 0 Å². The zero-order valence-corrected chi connectivity index (χ0v) is 17.8. The van der Waals surface area contributed by atoms with Gasteiger partial charge in [-0.25, -0.2) is 0 Å². The molecule has 0 aliphatic heterocycles. The molecule has 0 aliphatic carbocycles. The number of hydrogen-bond donors (Lipinski definition) is 2. The largest absolute Gasteiger partial charge is 0.508 e. The average molecular weight is 576 g/mol. The topological polar surface area (TPSA) is 81.8 Å². The highest BCUT2D eigenvalue weighted by Gasteiger charge is 2.16. The van der Waals surface area contributed by atoms with Gasteiger partial charge in [-0.3, -0.25) is 4.79 Å². The first kappa shape index (κ1) is 21.3. The lowest BCUT2D eigenvalue weighted by molar-refractivity contribution is -0.142. The molecule has 3 N–H and O–H groups in total. The Bertz CT molecular complexity index is 727. The molecule has 2 aromatic carbocycles. The molecule has 0 aliphatic rings. The van der Waals surface area contributed by atoms with Crippen molar-refractivity contribution in [3.8, 4) is 17.2 Å². The van der Waals surface area contributed by atoms with Crippen molar-refractivity contribution in [3.63, 3.8) is 0 Å². The zero-order chi connectivity index (χ0) is 17.0. The number of rotatable bonds is 5. The van der Waals surface area contributed by atoms with Crippen molar-refractivity contribution in [1.82, 2.24) is 0 Å². The molecule has 0 heterocycles. The molecule has 0 saturated carbocycles. The van der Waals surface area contributed by atoms with Crippen LogP contribution in [-0.4, -0.2) is 24.2 Å². The van der Waals surface area contributed by atoms with Crippen LogP contribution in [0.3, 0.4) is 0 Å². The third-order valence-corrected chi connectivity index (χ3v) is 4.96. The Labute approximate surface area is 173 Å². The van der Waals surface area contributed by atoms with Crippen LogP contribution in [0, 0.1) is 7.14 Å². The van der Waals surface area contributed by atoms with Gasteiger partial charge in [0.2, 0.25) is 0 Å². The number of nitrogens with two attached hydrogens (primary N) is 1. The average Bonchev–Trinajstić information content (AvgIpc) is 2.51. The van der Waals surface area contributed by atoms with Crippen LogP contribution in [0.5, 0.6) is 17.2 Å². The molecule has 5 nitrogen and oxygen atoms in total. The van der Waals surface area contributed by atoms with E-state index in [9.17, 15) is 9.90 Å². The highest BCUT2D eigenvalue weighted by Crippen LogP contribution is 2.31. The standard InChI is InChI=1S/C16H15I2NO4.ClH/c1-22-16(21)14(19)6-9-2-4-11(8-12(9)17)23-15-5-3-10(20)7-13(15)18;/h2-5,7-8,14,20H,6,19H2,1H3;1H. The van der Waals surface area contributed by atoms with Crippen LogP contribution in [0.2, 0.25) is 0 Å². The van der Waals surface area contributed by atoms with Crippen LogP contribution in [0.1, 0.15) is 5.56 Å². The smallest absolute Gasteiger partial charge is 0.322 e. The Morgan fingerprint density at radius 1 is 1.21 bits per heavy atom. The van der Waals surface area contributed by atoms with Gasteiger partial charge in [-0.1, -0.05) is 6.07 Å². The van der Waals surface area contributed by atoms with Gasteiger partial charge < -0.3 is 20.3 Å². The van der Waals surface area contributed by atoms with Crippen LogP contribution >= 0.6 is 57.6 Å². The molecule has 1 atom stereocenters. The van der Waals surface area contributed by atoms with Crippen molar-refractivity contribution in [2.45, 2.75) is 12.5 Å². The molecular weight excluding hydrogens is 559 g/mol. The molecule has 2 aromatic rings. The van der Waals surface area contributed by atoms with E-state index in [0.717, 1.165) is 12.7 Å². The number of phenols is 1. The number of ether oxygens (including phenoxy) is 2. The maximum absolute atomic E-state index is 11.4. The minimum Gasteiger partial charge on any atom is -0.508 e. The Kier molecular flexibility index (Phi) is 8.54. The number of halogens is 3.